The summed E-state index contributed by atoms with van der Waals surface area (Å²) >= 11 is 0. The lowest BCUT2D eigenvalue weighted by Gasteiger charge is -2.40. The second kappa shape index (κ2) is 12.9. The highest BCUT2D eigenvalue weighted by Gasteiger charge is 2.52. The van der Waals surface area contributed by atoms with E-state index >= 15 is 0 Å². The molecule has 3 aliphatic carbocycles. The van der Waals surface area contributed by atoms with Gasteiger partial charge in [0.2, 0.25) is 0 Å². The summed E-state index contributed by atoms with van der Waals surface area (Å²) in [5.74, 6) is 2.99. The fraction of sp³-hybridized carbons (Fsp3) is 0.283. The maximum atomic E-state index is 6.84. The molecule has 0 saturated heterocycles. The molecular formula is C53H53NO. The fourth-order valence-corrected chi connectivity index (χ4v) is 9.54. The van der Waals surface area contributed by atoms with E-state index in [0.717, 1.165) is 29.3 Å². The number of para-hydroxylation sites is 2. The molecule has 3 atom stereocenters. The average Bonchev–Trinajstić information content (AvgIpc) is 3.44. The van der Waals surface area contributed by atoms with E-state index in [4.69, 9.17) is 4.74 Å². The van der Waals surface area contributed by atoms with Crippen molar-refractivity contribution in [3.63, 3.8) is 0 Å². The minimum absolute atomic E-state index is 0.00844. The smallest absolute Gasteiger partial charge is 0.132 e. The highest BCUT2D eigenvalue weighted by Crippen LogP contribution is 2.63. The molecule has 2 nitrogen and oxygen atoms in total. The van der Waals surface area contributed by atoms with E-state index in [9.17, 15) is 0 Å². The minimum Gasteiger partial charge on any atom is -0.457 e. The predicted octanol–water partition coefficient (Wildman–Crippen LogP) is 14.2. The van der Waals surface area contributed by atoms with Crippen LogP contribution in [0.1, 0.15) is 107 Å². The molecular weight excluding hydrogens is 667 g/mol. The number of hydrogen-bond acceptors (Lipinski definition) is 2. The van der Waals surface area contributed by atoms with E-state index in [2.05, 4.69) is 200 Å². The first kappa shape index (κ1) is 35.4. The molecule has 1 heterocycles. The van der Waals surface area contributed by atoms with Crippen LogP contribution in [0.3, 0.4) is 0 Å². The zero-order chi connectivity index (χ0) is 38.3. The molecule has 0 aromatic heterocycles. The molecule has 0 fully saturated rings. The zero-order valence-electron chi connectivity index (χ0n) is 33.6. The Bertz CT molecular complexity index is 2410. The third-order valence-corrected chi connectivity index (χ3v) is 12.6. The summed E-state index contributed by atoms with van der Waals surface area (Å²) in [6.07, 6.45) is 15.1. The van der Waals surface area contributed by atoms with Gasteiger partial charge in [-0.05, 0) is 110 Å². The predicted molar refractivity (Wildman–Crippen MR) is 231 cm³/mol. The Morgan fingerprint density at radius 2 is 1.33 bits per heavy atom. The van der Waals surface area contributed by atoms with Crippen LogP contribution in [0.2, 0.25) is 0 Å². The molecule has 2 heteroatoms. The maximum absolute atomic E-state index is 6.84. The van der Waals surface area contributed by atoms with Gasteiger partial charge < -0.3 is 10.1 Å². The molecule has 276 valence electrons. The Morgan fingerprint density at radius 1 is 0.673 bits per heavy atom. The van der Waals surface area contributed by atoms with Gasteiger partial charge in [-0.1, -0.05) is 165 Å². The van der Waals surface area contributed by atoms with Crippen molar-refractivity contribution in [2.24, 2.45) is 11.8 Å². The van der Waals surface area contributed by atoms with Gasteiger partial charge in [0.25, 0.3) is 0 Å². The summed E-state index contributed by atoms with van der Waals surface area (Å²) in [4.78, 5) is 0. The van der Waals surface area contributed by atoms with Crippen molar-refractivity contribution in [2.75, 3.05) is 5.32 Å². The normalized spacial score (nSPS) is 20.5. The van der Waals surface area contributed by atoms with Crippen LogP contribution in [0.4, 0.5) is 11.4 Å². The molecule has 5 aromatic carbocycles. The van der Waals surface area contributed by atoms with Crippen molar-refractivity contribution in [1.82, 2.24) is 0 Å². The van der Waals surface area contributed by atoms with E-state index in [-0.39, 0.29) is 16.7 Å². The van der Waals surface area contributed by atoms with Gasteiger partial charge in [0.1, 0.15) is 11.5 Å². The first-order valence-electron chi connectivity index (χ1n) is 20.2. The number of allylic oxidation sites excluding steroid dienone is 8. The van der Waals surface area contributed by atoms with Crippen LogP contribution in [-0.2, 0) is 16.2 Å². The maximum Gasteiger partial charge on any atom is 0.132 e. The van der Waals surface area contributed by atoms with Gasteiger partial charge >= 0.3 is 0 Å². The number of anilines is 2. The van der Waals surface area contributed by atoms with Gasteiger partial charge in [-0.3, -0.25) is 0 Å². The summed E-state index contributed by atoms with van der Waals surface area (Å²) in [6, 6.07) is 38.7. The van der Waals surface area contributed by atoms with Crippen molar-refractivity contribution in [1.29, 1.82) is 0 Å². The standard InChI is InChI=1S/C53H53NO/c1-33-15-9-10-16-39(33)35-21-25-40(34(2)29-35)43-17-11-13-19-48(43)54-38-24-28-50-47(32-38)53(44-18-12-14-20-49(44)55-50)45-30-36(51(3,4)5)22-26-41(45)42-27-23-37(31-46(42)53)52(6,7)8/h9-14,16-34,40,54H,15H2,1-8H3. The Kier molecular flexibility index (Phi) is 8.28. The van der Waals surface area contributed by atoms with Crippen LogP contribution in [0, 0.1) is 11.8 Å². The topological polar surface area (TPSA) is 21.3 Å². The van der Waals surface area contributed by atoms with Crippen LogP contribution in [0.15, 0.2) is 151 Å². The van der Waals surface area contributed by atoms with Crippen LogP contribution in [-0.4, -0.2) is 0 Å². The zero-order valence-corrected chi connectivity index (χ0v) is 33.6. The largest absolute Gasteiger partial charge is 0.457 e. The van der Waals surface area contributed by atoms with E-state index in [1.807, 2.05) is 0 Å². The third kappa shape index (κ3) is 5.76. The molecule has 0 saturated carbocycles. The van der Waals surface area contributed by atoms with Crippen molar-refractivity contribution >= 4 is 11.4 Å². The Hall–Kier alpha value is -5.34. The summed E-state index contributed by atoms with van der Waals surface area (Å²) in [5, 5.41) is 3.94. The summed E-state index contributed by atoms with van der Waals surface area (Å²) < 4.78 is 6.84. The van der Waals surface area contributed by atoms with Crippen LogP contribution < -0.4 is 10.1 Å². The second-order valence-corrected chi connectivity index (χ2v) is 18.3. The van der Waals surface area contributed by atoms with Gasteiger partial charge in [0.15, 0.2) is 0 Å². The SMILES string of the molecule is CC1CC=CC=C1C1=CC(C)C(c2ccccc2Nc2ccc3c(c2)C2(c4ccccc4O3)c3cc(C(C)(C)C)ccc3-c3ccc(C(C)(C)C)cc32)C=C1. The van der Waals surface area contributed by atoms with Crippen LogP contribution in [0.25, 0.3) is 11.1 Å². The van der Waals surface area contributed by atoms with E-state index in [1.165, 1.54) is 61.2 Å². The molecule has 9 rings (SSSR count). The highest BCUT2D eigenvalue weighted by molar-refractivity contribution is 5.89. The summed E-state index contributed by atoms with van der Waals surface area (Å²) in [6.45, 7) is 18.6. The molecule has 1 spiro atoms. The Morgan fingerprint density at radius 3 is 2.00 bits per heavy atom. The molecule has 0 bridgehead atoms. The van der Waals surface area contributed by atoms with Gasteiger partial charge in [-0.25, -0.2) is 0 Å². The van der Waals surface area contributed by atoms with Crippen molar-refractivity contribution in [3.05, 3.63) is 190 Å². The number of rotatable bonds is 4. The van der Waals surface area contributed by atoms with Crippen LogP contribution >= 0.6 is 0 Å². The lowest BCUT2D eigenvalue weighted by atomic mass is 9.65. The molecule has 5 aromatic rings. The minimum atomic E-state index is -0.559. The second-order valence-electron chi connectivity index (χ2n) is 18.3. The lowest BCUT2D eigenvalue weighted by molar-refractivity contribution is 0.436. The average molecular weight is 720 g/mol. The van der Waals surface area contributed by atoms with Crippen molar-refractivity contribution in [3.8, 4) is 22.6 Å². The summed E-state index contributed by atoms with van der Waals surface area (Å²) in [7, 11) is 0. The van der Waals surface area contributed by atoms with E-state index in [0.29, 0.717) is 11.8 Å². The molecule has 1 N–H and O–H groups in total. The van der Waals surface area contributed by atoms with Crippen molar-refractivity contribution in [2.45, 2.75) is 84.0 Å². The monoisotopic (exact) mass is 719 g/mol. The molecule has 0 amide bonds. The number of fused-ring (bicyclic) bond motifs is 9. The Labute approximate surface area is 328 Å². The third-order valence-electron chi connectivity index (χ3n) is 12.6. The van der Waals surface area contributed by atoms with Crippen LogP contribution in [0.5, 0.6) is 11.5 Å². The molecule has 0 radical (unpaired) electrons. The molecule has 3 unspecified atom stereocenters. The number of benzene rings is 5. The number of nitrogens with one attached hydrogen (secondary N) is 1. The Balaban J connectivity index is 1.19. The number of hydrogen-bond donors (Lipinski definition) is 1. The first-order chi connectivity index (χ1) is 26.3. The lowest BCUT2D eigenvalue weighted by Crippen LogP contribution is -2.33. The van der Waals surface area contributed by atoms with E-state index in [1.54, 1.807) is 0 Å². The van der Waals surface area contributed by atoms with Crippen molar-refractivity contribution < 1.29 is 4.74 Å². The molecule has 4 aliphatic rings. The van der Waals surface area contributed by atoms with Gasteiger partial charge in [0, 0.05) is 28.4 Å². The quantitative estimate of drug-likeness (QED) is 0.196. The van der Waals surface area contributed by atoms with Gasteiger partial charge in [0.05, 0.1) is 5.41 Å². The van der Waals surface area contributed by atoms with Gasteiger partial charge in [-0.15, -0.1) is 0 Å². The first-order valence-corrected chi connectivity index (χ1v) is 20.2. The highest BCUT2D eigenvalue weighted by atomic mass is 16.5. The number of ether oxygens (including phenoxy) is 1. The molecule has 1 aliphatic heterocycles. The summed E-state index contributed by atoms with van der Waals surface area (Å²) in [5.41, 5.74) is 16.0. The molecule has 55 heavy (non-hydrogen) atoms. The van der Waals surface area contributed by atoms with Gasteiger partial charge in [-0.2, -0.15) is 0 Å². The fourth-order valence-electron chi connectivity index (χ4n) is 9.54. The van der Waals surface area contributed by atoms with E-state index < -0.39 is 5.41 Å².